The van der Waals surface area contributed by atoms with Gasteiger partial charge in [0, 0.05) is 11.5 Å². The first-order valence-corrected chi connectivity index (χ1v) is 8.90. The van der Waals surface area contributed by atoms with Crippen LogP contribution in [0.4, 0.5) is 0 Å². The van der Waals surface area contributed by atoms with Crippen LogP contribution in [0, 0.1) is 19.8 Å². The molecule has 1 aliphatic rings. The fourth-order valence-corrected chi connectivity index (χ4v) is 4.41. The molecule has 0 radical (unpaired) electrons. The zero-order chi connectivity index (χ0) is 18.9. The molecule has 0 saturated carbocycles. The third kappa shape index (κ3) is 3.24. The zero-order valence-electron chi connectivity index (χ0n) is 16.7. The second kappa shape index (κ2) is 7.07. The van der Waals surface area contributed by atoms with Crippen LogP contribution in [0.2, 0.25) is 0 Å². The number of ether oxygens (including phenoxy) is 1. The predicted molar refractivity (Wildman–Crippen MR) is 103 cm³/mol. The molecule has 0 spiro atoms. The average Bonchev–Trinajstić information content (AvgIpc) is 2.52. The van der Waals surface area contributed by atoms with E-state index in [1.54, 1.807) is 14.0 Å². The minimum atomic E-state index is -0.428. The van der Waals surface area contributed by atoms with Gasteiger partial charge < -0.3 is 9.15 Å². The van der Waals surface area contributed by atoms with Gasteiger partial charge >= 0.3 is 0 Å². The molecule has 0 bridgehead atoms. The van der Waals surface area contributed by atoms with E-state index >= 15 is 0 Å². The van der Waals surface area contributed by atoms with E-state index in [4.69, 9.17) is 9.15 Å². The normalized spacial score (nSPS) is 24.0. The third-order valence-electron chi connectivity index (χ3n) is 5.22. The van der Waals surface area contributed by atoms with E-state index in [1.165, 1.54) is 16.7 Å². The second-order valence-corrected chi connectivity index (χ2v) is 7.35. The Hall–Kier alpha value is -2.03. The van der Waals surface area contributed by atoms with Crippen LogP contribution in [-0.2, 0) is 5.41 Å². The van der Waals surface area contributed by atoms with Crippen molar-refractivity contribution in [1.82, 2.24) is 0 Å². The largest absolute Gasteiger partial charge is 0.468 e. The number of hydrogen-bond acceptors (Lipinski definition) is 3. The highest BCUT2D eigenvalue weighted by Crippen LogP contribution is 2.47. The first-order chi connectivity index (χ1) is 11.7. The van der Waals surface area contributed by atoms with E-state index in [0.29, 0.717) is 22.8 Å². The van der Waals surface area contributed by atoms with Gasteiger partial charge in [-0.15, -0.1) is 0 Å². The van der Waals surface area contributed by atoms with Crippen molar-refractivity contribution in [3.05, 3.63) is 62.1 Å². The lowest BCUT2D eigenvalue weighted by molar-refractivity contribution is 0.249. The van der Waals surface area contributed by atoms with Gasteiger partial charge in [-0.25, -0.2) is 0 Å². The van der Waals surface area contributed by atoms with Crippen molar-refractivity contribution in [3.63, 3.8) is 0 Å². The van der Waals surface area contributed by atoms with Crippen LogP contribution >= 0.6 is 0 Å². The van der Waals surface area contributed by atoms with Crippen LogP contribution in [-0.4, -0.2) is 7.11 Å². The number of allylic oxidation sites excluding steroid dienone is 6. The molecular formula is C22H30O3. The molecule has 0 aliphatic heterocycles. The Morgan fingerprint density at radius 2 is 1.92 bits per heavy atom. The molecule has 0 amide bonds. The number of hydrogen-bond donors (Lipinski definition) is 0. The maximum Gasteiger partial charge on any atom is 0.291 e. The van der Waals surface area contributed by atoms with Crippen LogP contribution in [0.15, 0.2) is 44.2 Å². The molecule has 2 rings (SSSR count). The highest BCUT2D eigenvalue weighted by Gasteiger charge is 2.42. The summed E-state index contributed by atoms with van der Waals surface area (Å²) >= 11 is 0. The minimum Gasteiger partial charge on any atom is -0.468 e. The van der Waals surface area contributed by atoms with E-state index in [2.05, 4.69) is 52.8 Å². The molecule has 0 saturated heterocycles. The van der Waals surface area contributed by atoms with E-state index in [1.807, 2.05) is 6.92 Å². The molecule has 136 valence electrons. The molecule has 3 heteroatoms. The first kappa shape index (κ1) is 19.3. The Morgan fingerprint density at radius 1 is 1.28 bits per heavy atom. The maximum atomic E-state index is 12.7. The smallest absolute Gasteiger partial charge is 0.291 e. The summed E-state index contributed by atoms with van der Waals surface area (Å²) in [5.41, 5.74) is 4.51. The summed E-state index contributed by atoms with van der Waals surface area (Å²) in [5, 5.41) is 0. The molecule has 0 aromatic carbocycles. The Morgan fingerprint density at radius 3 is 2.48 bits per heavy atom. The summed E-state index contributed by atoms with van der Waals surface area (Å²) in [7, 11) is 1.54. The number of methoxy groups -OCH3 is 1. The third-order valence-corrected chi connectivity index (χ3v) is 5.22. The lowest BCUT2D eigenvalue weighted by Crippen LogP contribution is -2.36. The average molecular weight is 342 g/mol. The summed E-state index contributed by atoms with van der Waals surface area (Å²) in [6, 6.07) is 0. The van der Waals surface area contributed by atoms with Crippen molar-refractivity contribution in [2.24, 2.45) is 5.92 Å². The van der Waals surface area contributed by atoms with E-state index in [0.717, 1.165) is 6.42 Å². The SMILES string of the molecule is CCC=C(C)[C@H]1C(C)=CC(C)=C[C@@]1(C)c1oc(OC)c(C)c(=O)c1C. The Bertz CT molecular complexity index is 820. The summed E-state index contributed by atoms with van der Waals surface area (Å²) in [6.45, 7) is 14.3. The van der Waals surface area contributed by atoms with Crippen LogP contribution in [0.3, 0.4) is 0 Å². The minimum absolute atomic E-state index is 0.00606. The van der Waals surface area contributed by atoms with E-state index < -0.39 is 5.41 Å². The van der Waals surface area contributed by atoms with Gasteiger partial charge in [-0.3, -0.25) is 4.79 Å². The predicted octanol–water partition coefficient (Wildman–Crippen LogP) is 5.40. The number of rotatable bonds is 4. The highest BCUT2D eigenvalue weighted by atomic mass is 16.6. The molecular weight excluding hydrogens is 312 g/mol. The van der Waals surface area contributed by atoms with Crippen LogP contribution in [0.1, 0.15) is 57.9 Å². The van der Waals surface area contributed by atoms with Gasteiger partial charge in [0.15, 0.2) is 5.43 Å². The van der Waals surface area contributed by atoms with Crippen molar-refractivity contribution >= 4 is 0 Å². The molecule has 25 heavy (non-hydrogen) atoms. The standard InChI is InChI=1S/C22H30O3/c1-9-10-14(3)18-15(4)11-13(2)12-22(18,7)20-16(5)19(23)17(6)21(24-8)25-20/h10-12,18H,9H2,1-8H3/t18-,22+/m0/s1. The fraction of sp³-hybridized carbons (Fsp3) is 0.500. The maximum absolute atomic E-state index is 12.7. The highest BCUT2D eigenvalue weighted by molar-refractivity contribution is 5.46. The molecule has 1 aliphatic carbocycles. The van der Waals surface area contributed by atoms with Crippen molar-refractivity contribution in [2.75, 3.05) is 7.11 Å². The van der Waals surface area contributed by atoms with Gasteiger partial charge in [0.05, 0.1) is 18.1 Å². The fourth-order valence-electron chi connectivity index (χ4n) is 4.41. The molecule has 2 atom stereocenters. The zero-order valence-corrected chi connectivity index (χ0v) is 16.7. The first-order valence-electron chi connectivity index (χ1n) is 8.90. The van der Waals surface area contributed by atoms with Gasteiger partial charge in [0.25, 0.3) is 5.95 Å². The Kier molecular flexibility index (Phi) is 5.46. The molecule has 1 aromatic heterocycles. The monoisotopic (exact) mass is 342 g/mol. The van der Waals surface area contributed by atoms with Gasteiger partial charge in [-0.05, 0) is 48.0 Å². The molecule has 1 heterocycles. The quantitative estimate of drug-likeness (QED) is 0.688. The Balaban J connectivity index is 2.81. The summed E-state index contributed by atoms with van der Waals surface area (Å²) < 4.78 is 11.5. The van der Waals surface area contributed by atoms with Gasteiger partial charge in [-0.1, -0.05) is 41.9 Å². The molecule has 1 aromatic rings. The van der Waals surface area contributed by atoms with Gasteiger partial charge in [0.2, 0.25) is 0 Å². The van der Waals surface area contributed by atoms with Crippen LogP contribution in [0.25, 0.3) is 0 Å². The van der Waals surface area contributed by atoms with Gasteiger partial charge in [0.1, 0.15) is 5.76 Å². The lowest BCUT2D eigenvalue weighted by atomic mass is 9.64. The van der Waals surface area contributed by atoms with E-state index in [-0.39, 0.29) is 11.3 Å². The van der Waals surface area contributed by atoms with Crippen LogP contribution in [0.5, 0.6) is 5.95 Å². The summed E-state index contributed by atoms with van der Waals surface area (Å²) in [5.74, 6) is 1.16. The molecule has 0 unspecified atom stereocenters. The lowest BCUT2D eigenvalue weighted by Gasteiger charge is -2.40. The summed E-state index contributed by atoms with van der Waals surface area (Å²) in [4.78, 5) is 12.7. The Labute approximate surface area is 151 Å². The van der Waals surface area contributed by atoms with Crippen molar-refractivity contribution < 1.29 is 9.15 Å². The topological polar surface area (TPSA) is 39.4 Å². The molecule has 0 fully saturated rings. The second-order valence-electron chi connectivity index (χ2n) is 7.35. The van der Waals surface area contributed by atoms with E-state index in [9.17, 15) is 4.79 Å². The molecule has 0 N–H and O–H groups in total. The van der Waals surface area contributed by atoms with Crippen LogP contribution < -0.4 is 10.2 Å². The molecule has 3 nitrogen and oxygen atoms in total. The van der Waals surface area contributed by atoms with Crippen molar-refractivity contribution in [1.29, 1.82) is 0 Å². The van der Waals surface area contributed by atoms with Crippen molar-refractivity contribution in [3.8, 4) is 5.95 Å². The van der Waals surface area contributed by atoms with Crippen molar-refractivity contribution in [2.45, 2.75) is 60.3 Å². The summed E-state index contributed by atoms with van der Waals surface area (Å²) in [6.07, 6.45) is 7.68. The van der Waals surface area contributed by atoms with Gasteiger partial charge in [-0.2, -0.15) is 0 Å².